The zero-order valence-electron chi connectivity index (χ0n) is 10.3. The summed E-state index contributed by atoms with van der Waals surface area (Å²) in [4.78, 5) is 11.1. The Balaban J connectivity index is 1.92. The van der Waals surface area contributed by atoms with E-state index >= 15 is 0 Å². The number of fused-ring (bicyclic) bond motifs is 1. The van der Waals surface area contributed by atoms with Crippen LogP contribution in [0.5, 0.6) is 0 Å². The van der Waals surface area contributed by atoms with Gasteiger partial charge in [-0.2, -0.15) is 0 Å². The smallest absolute Gasteiger partial charge is 0.112 e. The van der Waals surface area contributed by atoms with E-state index in [4.69, 9.17) is 0 Å². The molecule has 0 aliphatic rings. The number of pyridine rings is 1. The number of nitrogens with zero attached hydrogens (tertiary/aromatic N) is 3. The lowest BCUT2D eigenvalue weighted by Crippen LogP contribution is -2.16. The fourth-order valence-corrected chi connectivity index (χ4v) is 3.67. The minimum atomic E-state index is 0.843. The van der Waals surface area contributed by atoms with Gasteiger partial charge >= 0.3 is 0 Å². The maximum absolute atomic E-state index is 4.51. The van der Waals surface area contributed by atoms with Gasteiger partial charge in [-0.05, 0) is 24.4 Å². The molecule has 3 rings (SSSR count). The zero-order valence-corrected chi connectivity index (χ0v) is 11.9. The second-order valence-corrected chi connectivity index (χ2v) is 6.06. The van der Waals surface area contributed by atoms with Crippen LogP contribution in [0.2, 0.25) is 0 Å². The molecule has 0 N–H and O–H groups in total. The normalized spacial score (nSPS) is 11.0. The second kappa shape index (κ2) is 4.66. The van der Waals surface area contributed by atoms with Gasteiger partial charge in [0, 0.05) is 24.3 Å². The molecule has 0 radical (unpaired) electrons. The molecular formula is C13H13N3S2. The monoisotopic (exact) mass is 275 g/mol. The van der Waals surface area contributed by atoms with E-state index in [1.165, 1.54) is 10.4 Å². The molecule has 3 aromatic rings. The third-order valence-electron chi connectivity index (χ3n) is 2.77. The van der Waals surface area contributed by atoms with Crippen LogP contribution in [-0.2, 0) is 6.54 Å². The van der Waals surface area contributed by atoms with Crippen LogP contribution in [0.4, 0.5) is 5.69 Å². The highest BCUT2D eigenvalue weighted by Crippen LogP contribution is 2.30. The van der Waals surface area contributed by atoms with Crippen molar-refractivity contribution in [3.63, 3.8) is 0 Å². The molecule has 0 atom stereocenters. The Morgan fingerprint density at radius 2 is 2.17 bits per heavy atom. The van der Waals surface area contributed by atoms with Crippen LogP contribution in [0.1, 0.15) is 10.7 Å². The van der Waals surface area contributed by atoms with Gasteiger partial charge in [0.25, 0.3) is 0 Å². The van der Waals surface area contributed by atoms with Gasteiger partial charge in [-0.1, -0.05) is 0 Å². The van der Waals surface area contributed by atoms with E-state index < -0.39 is 0 Å². The minimum Gasteiger partial charge on any atom is -0.367 e. The minimum absolute atomic E-state index is 0.843. The highest BCUT2D eigenvalue weighted by Gasteiger charge is 2.09. The number of thiazole rings is 1. The molecule has 0 bridgehead atoms. The topological polar surface area (TPSA) is 29.0 Å². The van der Waals surface area contributed by atoms with Crippen LogP contribution in [0.25, 0.3) is 10.2 Å². The fraction of sp³-hybridized carbons (Fsp3) is 0.231. The number of aromatic nitrogens is 2. The van der Waals surface area contributed by atoms with Gasteiger partial charge in [-0.15, -0.1) is 22.7 Å². The highest BCUT2D eigenvalue weighted by atomic mass is 32.1. The molecule has 0 aromatic carbocycles. The molecule has 0 saturated carbocycles. The number of hydrogen-bond donors (Lipinski definition) is 0. The first-order chi connectivity index (χ1) is 8.74. The van der Waals surface area contributed by atoms with Crippen molar-refractivity contribution in [2.24, 2.45) is 0 Å². The summed E-state index contributed by atoms with van der Waals surface area (Å²) in [6, 6.07) is 4.13. The molecule has 0 fully saturated rings. The summed E-state index contributed by atoms with van der Waals surface area (Å²) in [5.74, 6) is 0. The molecule has 0 unspecified atom stereocenters. The van der Waals surface area contributed by atoms with Gasteiger partial charge in [-0.3, -0.25) is 4.98 Å². The third-order valence-corrected chi connectivity index (χ3v) is 4.65. The average molecular weight is 275 g/mol. The van der Waals surface area contributed by atoms with Crippen molar-refractivity contribution in [2.75, 3.05) is 11.9 Å². The summed E-state index contributed by atoms with van der Waals surface area (Å²) >= 11 is 3.45. The van der Waals surface area contributed by atoms with Gasteiger partial charge in [0.2, 0.25) is 0 Å². The van der Waals surface area contributed by atoms with Crippen LogP contribution in [0, 0.1) is 6.92 Å². The summed E-state index contributed by atoms with van der Waals surface area (Å²) in [5, 5.41) is 5.33. The first-order valence-corrected chi connectivity index (χ1v) is 7.44. The Kier molecular flexibility index (Phi) is 3.01. The lowest BCUT2D eigenvalue weighted by atomic mass is 10.3. The molecule has 3 aromatic heterocycles. The third kappa shape index (κ3) is 2.11. The van der Waals surface area contributed by atoms with E-state index in [-0.39, 0.29) is 0 Å². The first-order valence-electron chi connectivity index (χ1n) is 5.68. The van der Waals surface area contributed by atoms with Crippen molar-refractivity contribution in [3.8, 4) is 0 Å². The lowest BCUT2D eigenvalue weighted by Gasteiger charge is -2.18. The number of rotatable bonds is 3. The standard InChI is InChI=1S/C13H13N3S2/c1-9-8-18-12(15-9)7-16(2)11-3-5-14-10-4-6-17-13(10)11/h3-6,8H,7H2,1-2H3. The van der Waals surface area contributed by atoms with Crippen molar-refractivity contribution in [1.82, 2.24) is 9.97 Å². The van der Waals surface area contributed by atoms with E-state index in [9.17, 15) is 0 Å². The summed E-state index contributed by atoms with van der Waals surface area (Å²) in [7, 11) is 2.10. The zero-order chi connectivity index (χ0) is 12.5. The Labute approximate surface area is 114 Å². The van der Waals surface area contributed by atoms with Crippen LogP contribution in [0.3, 0.4) is 0 Å². The van der Waals surface area contributed by atoms with Crippen molar-refractivity contribution < 1.29 is 0 Å². The molecule has 0 aliphatic heterocycles. The van der Waals surface area contributed by atoms with E-state index in [1.807, 2.05) is 13.1 Å². The molecule has 0 amide bonds. The maximum Gasteiger partial charge on any atom is 0.112 e. The molecule has 5 heteroatoms. The number of aryl methyl sites for hydroxylation is 1. The average Bonchev–Trinajstić information content (AvgIpc) is 2.97. The molecule has 18 heavy (non-hydrogen) atoms. The summed E-state index contributed by atoms with van der Waals surface area (Å²) < 4.78 is 1.24. The summed E-state index contributed by atoms with van der Waals surface area (Å²) in [6.45, 7) is 2.87. The Morgan fingerprint density at radius 3 is 2.94 bits per heavy atom. The van der Waals surface area contributed by atoms with Crippen molar-refractivity contribution in [2.45, 2.75) is 13.5 Å². The van der Waals surface area contributed by atoms with Gasteiger partial charge in [0.15, 0.2) is 0 Å². The second-order valence-electron chi connectivity index (χ2n) is 4.20. The van der Waals surface area contributed by atoms with Gasteiger partial charge in [-0.25, -0.2) is 4.98 Å². The van der Waals surface area contributed by atoms with Crippen LogP contribution in [-0.4, -0.2) is 17.0 Å². The first kappa shape index (κ1) is 11.6. The van der Waals surface area contributed by atoms with E-state index in [0.717, 1.165) is 22.8 Å². The Morgan fingerprint density at radius 1 is 1.28 bits per heavy atom. The van der Waals surface area contributed by atoms with Gasteiger partial charge < -0.3 is 4.90 Å². The predicted octanol–water partition coefficient (Wildman–Crippen LogP) is 3.70. The number of thiophene rings is 1. The molecular weight excluding hydrogens is 262 g/mol. The number of hydrogen-bond acceptors (Lipinski definition) is 5. The van der Waals surface area contributed by atoms with Crippen LogP contribution >= 0.6 is 22.7 Å². The Hall–Kier alpha value is -1.46. The number of anilines is 1. The molecule has 0 spiro atoms. The molecule has 3 heterocycles. The molecule has 3 nitrogen and oxygen atoms in total. The van der Waals surface area contributed by atoms with Gasteiger partial charge in [0.05, 0.1) is 22.4 Å². The van der Waals surface area contributed by atoms with E-state index in [0.29, 0.717) is 0 Å². The van der Waals surface area contributed by atoms with Crippen molar-refractivity contribution >= 4 is 38.6 Å². The van der Waals surface area contributed by atoms with E-state index in [1.54, 1.807) is 22.7 Å². The van der Waals surface area contributed by atoms with E-state index in [2.05, 4.69) is 44.8 Å². The summed E-state index contributed by atoms with van der Waals surface area (Å²) in [5.41, 5.74) is 3.39. The Bertz CT molecular complexity index is 671. The predicted molar refractivity (Wildman–Crippen MR) is 78.6 cm³/mol. The SMILES string of the molecule is Cc1csc(CN(C)c2ccnc3ccsc23)n1. The highest BCUT2D eigenvalue weighted by molar-refractivity contribution is 7.17. The quantitative estimate of drug-likeness (QED) is 0.730. The largest absolute Gasteiger partial charge is 0.367 e. The fourth-order valence-electron chi connectivity index (χ4n) is 1.92. The maximum atomic E-state index is 4.51. The van der Waals surface area contributed by atoms with Crippen LogP contribution < -0.4 is 4.90 Å². The summed E-state index contributed by atoms with van der Waals surface area (Å²) in [6.07, 6.45) is 1.87. The lowest BCUT2D eigenvalue weighted by molar-refractivity contribution is 0.909. The van der Waals surface area contributed by atoms with Crippen LogP contribution in [0.15, 0.2) is 29.1 Å². The van der Waals surface area contributed by atoms with Crippen molar-refractivity contribution in [3.05, 3.63) is 39.8 Å². The van der Waals surface area contributed by atoms with Gasteiger partial charge in [0.1, 0.15) is 5.01 Å². The molecule has 0 aliphatic carbocycles. The molecule has 92 valence electrons. The van der Waals surface area contributed by atoms with Crippen molar-refractivity contribution in [1.29, 1.82) is 0 Å². The molecule has 0 saturated heterocycles.